The normalized spacial score (nSPS) is 13.2. The number of benzene rings is 1. The predicted octanol–water partition coefficient (Wildman–Crippen LogP) is 4.52. The molecule has 0 bridgehead atoms. The van der Waals surface area contributed by atoms with Crippen molar-refractivity contribution in [3.05, 3.63) is 33.3 Å². The quantitative estimate of drug-likeness (QED) is 0.768. The third kappa shape index (κ3) is 3.91. The maximum Gasteiger partial charge on any atom is 0.186 e. The lowest BCUT2D eigenvalue weighted by molar-refractivity contribution is 0.255. The second-order valence-electron chi connectivity index (χ2n) is 4.41. The van der Waals surface area contributed by atoms with Gasteiger partial charge in [-0.3, -0.25) is 0 Å². The molecule has 86 valence electrons. The Kier molecular flexibility index (Phi) is 4.57. The van der Waals surface area contributed by atoms with Gasteiger partial charge in [-0.05, 0) is 31.8 Å². The molecule has 0 fully saturated rings. The Morgan fingerprint density at radius 3 is 2.50 bits per heavy atom. The van der Waals surface area contributed by atoms with Crippen LogP contribution in [0, 0.1) is 11.3 Å². The first-order valence-corrected chi connectivity index (χ1v) is 9.44. The molecule has 0 saturated carbocycles. The van der Waals surface area contributed by atoms with Crippen LogP contribution in [0.2, 0.25) is 24.7 Å². The smallest absolute Gasteiger partial charge is 0.186 e. The van der Waals surface area contributed by atoms with Crippen LogP contribution in [0.5, 0.6) is 0 Å². The van der Waals surface area contributed by atoms with Crippen molar-refractivity contribution >= 4 is 35.8 Å². The van der Waals surface area contributed by atoms with E-state index in [4.69, 9.17) is 21.3 Å². The summed E-state index contributed by atoms with van der Waals surface area (Å²) in [7, 11) is -1.75. The zero-order valence-corrected chi connectivity index (χ0v) is 12.8. The minimum Gasteiger partial charge on any atom is -0.399 e. The molecule has 1 aromatic rings. The van der Waals surface area contributed by atoms with Crippen molar-refractivity contribution in [1.82, 2.24) is 0 Å². The molecule has 16 heavy (non-hydrogen) atoms. The molecule has 0 aliphatic carbocycles. The summed E-state index contributed by atoms with van der Waals surface area (Å²) in [4.78, 5) is 0. The van der Waals surface area contributed by atoms with Gasteiger partial charge in [-0.15, -0.1) is 0 Å². The molecule has 2 nitrogen and oxygen atoms in total. The molecule has 1 aromatic carbocycles. The molecule has 5 heteroatoms. The van der Waals surface area contributed by atoms with E-state index < -0.39 is 14.4 Å². The Balaban J connectivity index is 3.01. The topological polar surface area (TPSA) is 33.0 Å². The summed E-state index contributed by atoms with van der Waals surface area (Å²) in [5, 5.41) is 9.67. The molecule has 0 heterocycles. The largest absolute Gasteiger partial charge is 0.399 e. The van der Waals surface area contributed by atoms with E-state index >= 15 is 0 Å². The van der Waals surface area contributed by atoms with E-state index in [1.54, 1.807) is 6.07 Å². The van der Waals surface area contributed by atoms with E-state index in [1.165, 1.54) is 0 Å². The van der Waals surface area contributed by atoms with Crippen LogP contribution in [-0.2, 0) is 4.43 Å². The molecule has 0 saturated heterocycles. The number of nitrogens with zero attached hydrogens (tertiary/aromatic N) is 1. The molecule has 0 N–H and O–H groups in total. The summed E-state index contributed by atoms with van der Waals surface area (Å²) in [6.45, 7) is 6.14. The summed E-state index contributed by atoms with van der Waals surface area (Å²) in [5.41, 5.74) is 0.731. The highest BCUT2D eigenvalue weighted by Gasteiger charge is 2.23. The summed E-state index contributed by atoms with van der Waals surface area (Å²) in [6, 6.07) is 7.60. The first-order chi connectivity index (χ1) is 7.33. The average Bonchev–Trinajstić information content (AvgIpc) is 2.13. The lowest BCUT2D eigenvalue weighted by atomic mass is 10.1. The van der Waals surface area contributed by atoms with Crippen molar-refractivity contribution in [3.63, 3.8) is 0 Å². The molecule has 0 aromatic heterocycles. The highest BCUT2D eigenvalue weighted by atomic mass is 79.9. The lowest BCUT2D eigenvalue weighted by Gasteiger charge is -2.22. The Bertz CT molecular complexity index is 425. The van der Waals surface area contributed by atoms with Gasteiger partial charge in [0.25, 0.3) is 0 Å². The highest BCUT2D eigenvalue weighted by molar-refractivity contribution is 9.10. The monoisotopic (exact) mass is 317 g/mol. The van der Waals surface area contributed by atoms with Crippen molar-refractivity contribution in [2.24, 2.45) is 0 Å². The van der Waals surface area contributed by atoms with Crippen molar-refractivity contribution in [3.8, 4) is 6.07 Å². The van der Waals surface area contributed by atoms with E-state index in [9.17, 15) is 0 Å². The molecule has 0 spiro atoms. The third-order valence-electron chi connectivity index (χ3n) is 1.83. The zero-order chi connectivity index (χ0) is 12.3. The van der Waals surface area contributed by atoms with E-state index in [1.807, 2.05) is 31.8 Å². The number of hydrogen-bond acceptors (Lipinski definition) is 2. The van der Waals surface area contributed by atoms with E-state index in [-0.39, 0.29) is 0 Å². The highest BCUT2D eigenvalue weighted by Crippen LogP contribution is 2.30. The van der Waals surface area contributed by atoms with Crippen molar-refractivity contribution < 1.29 is 4.43 Å². The van der Waals surface area contributed by atoms with Gasteiger partial charge in [0, 0.05) is 15.1 Å². The second kappa shape index (κ2) is 5.33. The van der Waals surface area contributed by atoms with Crippen LogP contribution >= 0.6 is 27.5 Å². The van der Waals surface area contributed by atoms with Gasteiger partial charge >= 0.3 is 0 Å². The summed E-state index contributed by atoms with van der Waals surface area (Å²) in [6.07, 6.45) is -0.577. The van der Waals surface area contributed by atoms with Crippen molar-refractivity contribution in [1.29, 1.82) is 5.26 Å². The molecule has 1 atom stereocenters. The second-order valence-corrected chi connectivity index (χ2v) is 10.2. The fourth-order valence-electron chi connectivity index (χ4n) is 1.23. The molecule has 0 radical (unpaired) electrons. The molecular weight excluding hydrogens is 306 g/mol. The predicted molar refractivity (Wildman–Crippen MR) is 71.9 cm³/mol. The Labute approximate surface area is 110 Å². The molecule has 0 unspecified atom stereocenters. The summed E-state index contributed by atoms with van der Waals surface area (Å²) < 4.78 is 6.67. The first kappa shape index (κ1) is 13.7. The summed E-state index contributed by atoms with van der Waals surface area (Å²) >= 11 is 9.42. The molecular formula is C11H13BrClNOSi. The van der Waals surface area contributed by atoms with Gasteiger partial charge in [-0.1, -0.05) is 33.6 Å². The van der Waals surface area contributed by atoms with Gasteiger partial charge in [0.15, 0.2) is 14.4 Å². The van der Waals surface area contributed by atoms with E-state index in [0.29, 0.717) is 5.02 Å². The zero-order valence-electron chi connectivity index (χ0n) is 9.42. The van der Waals surface area contributed by atoms with Crippen LogP contribution in [0.25, 0.3) is 0 Å². The third-order valence-corrected chi connectivity index (χ3v) is 3.60. The van der Waals surface area contributed by atoms with Crippen LogP contribution in [0.4, 0.5) is 0 Å². The fraction of sp³-hybridized carbons (Fsp3) is 0.364. The van der Waals surface area contributed by atoms with Crippen LogP contribution in [0.15, 0.2) is 22.7 Å². The fourth-order valence-corrected chi connectivity index (χ4v) is 2.89. The molecule has 0 aliphatic rings. The van der Waals surface area contributed by atoms with Gasteiger partial charge in [-0.2, -0.15) is 5.26 Å². The van der Waals surface area contributed by atoms with Gasteiger partial charge in [0.05, 0.1) is 6.07 Å². The molecule has 0 amide bonds. The van der Waals surface area contributed by atoms with Gasteiger partial charge in [0.2, 0.25) is 0 Å². The Morgan fingerprint density at radius 1 is 1.44 bits per heavy atom. The lowest BCUT2D eigenvalue weighted by Crippen LogP contribution is -2.27. The van der Waals surface area contributed by atoms with Gasteiger partial charge in [-0.25, -0.2) is 0 Å². The SMILES string of the molecule is C[Si](C)(C)O[C@@H](C#N)c1ccc(Br)cc1Cl. The maximum atomic E-state index is 9.11. The first-order valence-electron chi connectivity index (χ1n) is 4.86. The van der Waals surface area contributed by atoms with Gasteiger partial charge in [0.1, 0.15) is 0 Å². The minimum absolute atomic E-state index is 0.555. The van der Waals surface area contributed by atoms with Crippen LogP contribution < -0.4 is 0 Å². The maximum absolute atomic E-state index is 9.11. The van der Waals surface area contributed by atoms with Crippen LogP contribution in [0.3, 0.4) is 0 Å². The number of halogens is 2. The number of nitriles is 1. The molecule has 0 aliphatic heterocycles. The van der Waals surface area contributed by atoms with Crippen LogP contribution in [0.1, 0.15) is 11.7 Å². The van der Waals surface area contributed by atoms with E-state index in [0.717, 1.165) is 10.0 Å². The van der Waals surface area contributed by atoms with E-state index in [2.05, 4.69) is 22.0 Å². The standard InChI is InChI=1S/C11H13BrClNOSi/c1-16(2,3)15-11(7-14)9-5-4-8(12)6-10(9)13/h4-6,11H,1-3H3/t11-/m0/s1. The average molecular weight is 319 g/mol. The number of rotatable bonds is 3. The van der Waals surface area contributed by atoms with Crippen LogP contribution in [-0.4, -0.2) is 8.32 Å². The van der Waals surface area contributed by atoms with Crippen molar-refractivity contribution in [2.75, 3.05) is 0 Å². The number of hydrogen-bond donors (Lipinski definition) is 0. The van der Waals surface area contributed by atoms with Crippen molar-refractivity contribution in [2.45, 2.75) is 25.7 Å². The summed E-state index contributed by atoms with van der Waals surface area (Å²) in [5.74, 6) is 0. The minimum atomic E-state index is -1.75. The molecule has 1 rings (SSSR count). The Hall–Kier alpha value is -0.343. The van der Waals surface area contributed by atoms with Gasteiger partial charge < -0.3 is 4.43 Å². The Morgan fingerprint density at radius 2 is 2.06 bits per heavy atom.